The molecule has 0 bridgehead atoms. The van der Waals surface area contributed by atoms with E-state index in [0.717, 1.165) is 11.1 Å². The van der Waals surface area contributed by atoms with Gasteiger partial charge in [0.25, 0.3) is 5.91 Å². The normalized spacial score (nSPS) is 12.6. The summed E-state index contributed by atoms with van der Waals surface area (Å²) in [5.41, 5.74) is 8.02. The second kappa shape index (κ2) is 9.95. The lowest BCUT2D eigenvalue weighted by atomic mass is 10.1. The third kappa shape index (κ3) is 6.14. The van der Waals surface area contributed by atoms with E-state index in [1.54, 1.807) is 37.3 Å². The number of benzene rings is 2. The van der Waals surface area contributed by atoms with Gasteiger partial charge in [-0.15, -0.1) is 0 Å². The minimum Gasteiger partial charge on any atom is -0.467 e. The Morgan fingerprint density at radius 3 is 2.37 bits per heavy atom. The second-order valence-corrected chi connectivity index (χ2v) is 5.92. The van der Waals surface area contributed by atoms with Crippen LogP contribution in [0, 0.1) is 11.8 Å². The van der Waals surface area contributed by atoms with E-state index in [9.17, 15) is 9.59 Å². The molecule has 0 saturated carbocycles. The first kappa shape index (κ1) is 20.0. The number of hydrogen-bond donors (Lipinski definition) is 2. The third-order valence-electron chi connectivity index (χ3n) is 3.79. The number of hydrogen-bond acceptors (Lipinski definition) is 4. The highest BCUT2D eigenvalue weighted by Gasteiger charge is 2.25. The number of amides is 1. The maximum atomic E-state index is 12.3. The SMILES string of the molecule is COC(=O)C(NC(=O)c1ccc(C=CC#Cc2ccccc2)cc1)C(C)N. The summed E-state index contributed by atoms with van der Waals surface area (Å²) in [5.74, 6) is 5.04. The van der Waals surface area contributed by atoms with E-state index in [0.29, 0.717) is 5.56 Å². The van der Waals surface area contributed by atoms with Gasteiger partial charge in [0.15, 0.2) is 0 Å². The minimum absolute atomic E-state index is 0.387. The molecule has 1 amide bonds. The number of rotatable bonds is 5. The molecule has 3 N–H and O–H groups in total. The minimum atomic E-state index is -0.893. The van der Waals surface area contributed by atoms with E-state index in [-0.39, 0.29) is 5.91 Å². The molecule has 0 aliphatic rings. The van der Waals surface area contributed by atoms with Crippen molar-refractivity contribution in [2.45, 2.75) is 19.0 Å². The smallest absolute Gasteiger partial charge is 0.329 e. The summed E-state index contributed by atoms with van der Waals surface area (Å²) in [6.45, 7) is 1.63. The van der Waals surface area contributed by atoms with E-state index in [4.69, 9.17) is 5.73 Å². The highest BCUT2D eigenvalue weighted by molar-refractivity contribution is 5.97. The molecular formula is C22H22N2O3. The number of ether oxygens (including phenoxy) is 1. The molecule has 5 nitrogen and oxygen atoms in total. The summed E-state index contributed by atoms with van der Waals surface area (Å²) in [5, 5.41) is 2.59. The quantitative estimate of drug-likeness (QED) is 0.632. The fraction of sp³-hybridized carbons (Fsp3) is 0.182. The molecule has 5 heteroatoms. The molecule has 0 aromatic heterocycles. The third-order valence-corrected chi connectivity index (χ3v) is 3.79. The molecule has 2 unspecified atom stereocenters. The topological polar surface area (TPSA) is 81.4 Å². The lowest BCUT2D eigenvalue weighted by molar-refractivity contribution is -0.143. The molecule has 0 aliphatic heterocycles. The summed E-state index contributed by atoms with van der Waals surface area (Å²) in [4.78, 5) is 24.0. The van der Waals surface area contributed by atoms with E-state index >= 15 is 0 Å². The van der Waals surface area contributed by atoms with Crippen LogP contribution in [0.3, 0.4) is 0 Å². The van der Waals surface area contributed by atoms with E-state index in [2.05, 4.69) is 21.9 Å². The molecule has 0 heterocycles. The van der Waals surface area contributed by atoms with Gasteiger partial charge >= 0.3 is 5.97 Å². The van der Waals surface area contributed by atoms with Crippen molar-refractivity contribution in [1.82, 2.24) is 5.32 Å². The molecule has 0 spiro atoms. The fourth-order valence-electron chi connectivity index (χ4n) is 2.29. The Morgan fingerprint density at radius 1 is 1.11 bits per heavy atom. The number of esters is 1. The summed E-state index contributed by atoms with van der Waals surface area (Å²) in [6.07, 6.45) is 3.61. The maximum absolute atomic E-state index is 12.3. The van der Waals surface area contributed by atoms with Crippen LogP contribution in [0.5, 0.6) is 0 Å². The van der Waals surface area contributed by atoms with Crippen molar-refractivity contribution in [3.63, 3.8) is 0 Å². The van der Waals surface area contributed by atoms with Gasteiger partial charge in [-0.1, -0.05) is 42.2 Å². The van der Waals surface area contributed by atoms with Gasteiger partial charge in [0, 0.05) is 17.2 Å². The van der Waals surface area contributed by atoms with Crippen LogP contribution in [-0.4, -0.2) is 31.1 Å². The predicted octanol–water partition coefficient (Wildman–Crippen LogP) is 2.37. The van der Waals surface area contributed by atoms with Crippen LogP contribution < -0.4 is 11.1 Å². The van der Waals surface area contributed by atoms with Crippen LogP contribution >= 0.6 is 0 Å². The van der Waals surface area contributed by atoms with Crippen molar-refractivity contribution >= 4 is 18.0 Å². The highest BCUT2D eigenvalue weighted by atomic mass is 16.5. The molecule has 2 atom stereocenters. The zero-order valence-corrected chi connectivity index (χ0v) is 15.3. The number of carbonyl (C=O) groups excluding carboxylic acids is 2. The summed E-state index contributed by atoms with van der Waals surface area (Å²) in [6, 6.07) is 15.2. The maximum Gasteiger partial charge on any atom is 0.329 e. The number of carbonyl (C=O) groups is 2. The van der Waals surface area contributed by atoms with Crippen LogP contribution in [0.1, 0.15) is 28.4 Å². The first-order chi connectivity index (χ1) is 13.0. The van der Waals surface area contributed by atoms with Crippen LogP contribution in [-0.2, 0) is 9.53 Å². The average Bonchev–Trinajstić information content (AvgIpc) is 2.69. The predicted molar refractivity (Wildman–Crippen MR) is 106 cm³/mol. The number of nitrogens with two attached hydrogens (primary N) is 1. The van der Waals surface area contributed by atoms with Crippen LogP contribution in [0.15, 0.2) is 60.7 Å². The molecule has 2 aromatic carbocycles. The first-order valence-corrected chi connectivity index (χ1v) is 8.48. The highest BCUT2D eigenvalue weighted by Crippen LogP contribution is 2.07. The van der Waals surface area contributed by atoms with Gasteiger partial charge in [-0.3, -0.25) is 4.79 Å². The van der Waals surface area contributed by atoms with Gasteiger partial charge in [0.05, 0.1) is 7.11 Å². The Balaban J connectivity index is 2.00. The molecule has 0 radical (unpaired) electrons. The monoisotopic (exact) mass is 362 g/mol. The first-order valence-electron chi connectivity index (χ1n) is 8.48. The zero-order valence-electron chi connectivity index (χ0n) is 15.3. The average molecular weight is 362 g/mol. The molecule has 2 aromatic rings. The fourth-order valence-corrected chi connectivity index (χ4v) is 2.29. The van der Waals surface area contributed by atoms with Crippen molar-refractivity contribution in [2.75, 3.05) is 7.11 Å². The zero-order chi connectivity index (χ0) is 19.6. The Bertz CT molecular complexity index is 860. The summed E-state index contributed by atoms with van der Waals surface area (Å²) in [7, 11) is 1.26. The van der Waals surface area contributed by atoms with E-state index in [1.807, 2.05) is 36.4 Å². The van der Waals surface area contributed by atoms with Crippen molar-refractivity contribution in [1.29, 1.82) is 0 Å². The Kier molecular flexibility index (Phi) is 7.36. The van der Waals surface area contributed by atoms with Crippen LogP contribution in [0.2, 0.25) is 0 Å². The number of methoxy groups -OCH3 is 1. The lowest BCUT2D eigenvalue weighted by Crippen LogP contribution is -2.51. The number of allylic oxidation sites excluding steroid dienone is 1. The molecule has 0 fully saturated rings. The molecule has 2 rings (SSSR count). The Morgan fingerprint density at radius 2 is 1.78 bits per heavy atom. The van der Waals surface area contributed by atoms with Crippen LogP contribution in [0.25, 0.3) is 6.08 Å². The van der Waals surface area contributed by atoms with Gasteiger partial charge < -0.3 is 15.8 Å². The molecule has 0 saturated heterocycles. The van der Waals surface area contributed by atoms with Crippen LogP contribution in [0.4, 0.5) is 0 Å². The van der Waals surface area contributed by atoms with Gasteiger partial charge in [0.2, 0.25) is 0 Å². The Labute approximate surface area is 159 Å². The Hall–Kier alpha value is -3.36. The van der Waals surface area contributed by atoms with Crippen molar-refractivity contribution in [3.8, 4) is 11.8 Å². The number of nitrogens with one attached hydrogen (secondary N) is 1. The van der Waals surface area contributed by atoms with Gasteiger partial charge in [-0.2, -0.15) is 0 Å². The second-order valence-electron chi connectivity index (χ2n) is 5.92. The largest absolute Gasteiger partial charge is 0.467 e. The standard InChI is InChI=1S/C22H22N2O3/c1-16(23)20(22(26)27-2)24-21(25)19-14-12-18(13-15-19)11-7-6-10-17-8-4-3-5-9-17/h3-5,7-9,11-16,20H,23H2,1-2H3,(H,24,25). The molecule has 0 aliphatic carbocycles. The van der Waals surface area contributed by atoms with Crippen molar-refractivity contribution in [2.24, 2.45) is 5.73 Å². The van der Waals surface area contributed by atoms with Crippen molar-refractivity contribution in [3.05, 3.63) is 77.4 Å². The van der Waals surface area contributed by atoms with E-state index in [1.165, 1.54) is 7.11 Å². The lowest BCUT2D eigenvalue weighted by Gasteiger charge is -2.19. The molecule has 27 heavy (non-hydrogen) atoms. The summed E-state index contributed by atoms with van der Waals surface area (Å²) < 4.78 is 4.66. The van der Waals surface area contributed by atoms with E-state index < -0.39 is 18.1 Å². The summed E-state index contributed by atoms with van der Waals surface area (Å²) >= 11 is 0. The van der Waals surface area contributed by atoms with Gasteiger partial charge in [-0.25, -0.2) is 4.79 Å². The van der Waals surface area contributed by atoms with Gasteiger partial charge in [0.1, 0.15) is 6.04 Å². The molecular weight excluding hydrogens is 340 g/mol. The molecule has 138 valence electrons. The van der Waals surface area contributed by atoms with Gasteiger partial charge in [-0.05, 0) is 48.9 Å². The van der Waals surface area contributed by atoms with Crippen molar-refractivity contribution < 1.29 is 14.3 Å².